The summed E-state index contributed by atoms with van der Waals surface area (Å²) in [6.07, 6.45) is 98.1. The second-order valence-corrected chi connectivity index (χ2v) is 28.3. The summed E-state index contributed by atoms with van der Waals surface area (Å²) < 4.78 is 61.0. The van der Waals surface area contributed by atoms with E-state index in [0.29, 0.717) is 25.7 Å². The fourth-order valence-electron chi connectivity index (χ4n) is 9.79. The summed E-state index contributed by atoms with van der Waals surface area (Å²) in [6, 6.07) is 0. The maximum Gasteiger partial charge on any atom is 0.472 e. The van der Waals surface area contributed by atoms with Crippen molar-refractivity contribution in [3.63, 3.8) is 0 Å². The maximum absolute atomic E-state index is 13.0. The average molecular weight is 1480 g/mol. The Kier molecular flexibility index (Phi) is 72.3. The number of hydrogen-bond acceptors (Lipinski definition) is 14. The van der Waals surface area contributed by atoms with Crippen molar-refractivity contribution in [2.24, 2.45) is 0 Å². The van der Waals surface area contributed by atoms with Gasteiger partial charge in [-0.25, -0.2) is 9.13 Å². The Bertz CT molecular complexity index is 2600. The summed E-state index contributed by atoms with van der Waals surface area (Å²) in [5.41, 5.74) is 0. The lowest BCUT2D eigenvalue weighted by molar-refractivity contribution is -0.161. The first-order valence-corrected chi connectivity index (χ1v) is 42.1. The molecule has 0 aromatic heterocycles. The molecule has 0 saturated heterocycles. The highest BCUT2D eigenvalue weighted by atomic mass is 31.2. The van der Waals surface area contributed by atoms with Crippen LogP contribution in [0, 0.1) is 0 Å². The lowest BCUT2D eigenvalue weighted by atomic mass is 10.0. The Hall–Kier alpha value is -5.35. The fraction of sp³-hybridized carbons (Fsp3) is 0.612. The number of phosphoric acid groups is 2. The van der Waals surface area contributed by atoms with Gasteiger partial charge in [-0.3, -0.25) is 32.5 Å². The molecule has 584 valence electrons. The number of esters is 3. The third kappa shape index (κ3) is 77.6. The van der Waals surface area contributed by atoms with E-state index in [-0.39, 0.29) is 19.3 Å². The fourth-order valence-corrected chi connectivity index (χ4v) is 11.4. The predicted molar refractivity (Wildman–Crippen MR) is 426 cm³/mol. The summed E-state index contributed by atoms with van der Waals surface area (Å²) in [4.78, 5) is 58.6. The quantitative estimate of drug-likeness (QED) is 0.0146. The van der Waals surface area contributed by atoms with Crippen LogP contribution in [0.4, 0.5) is 0 Å². The van der Waals surface area contributed by atoms with Gasteiger partial charge in [0.15, 0.2) is 6.10 Å². The number of hydrogen-bond donors (Lipinski definition) is 4. The highest BCUT2D eigenvalue weighted by Crippen LogP contribution is 2.45. The molecule has 0 radical (unpaired) electrons. The Morgan fingerprint density at radius 2 is 0.505 bits per heavy atom. The highest BCUT2D eigenvalue weighted by molar-refractivity contribution is 7.47. The zero-order chi connectivity index (χ0) is 75.2. The molecule has 0 fully saturated rings. The molecule has 103 heavy (non-hydrogen) atoms. The van der Waals surface area contributed by atoms with Crippen LogP contribution in [0.25, 0.3) is 0 Å². The summed E-state index contributed by atoms with van der Waals surface area (Å²) in [5, 5.41) is 20.6. The lowest BCUT2D eigenvalue weighted by Crippen LogP contribution is -2.30. The molecular weight excluding hydrogens is 1340 g/mol. The van der Waals surface area contributed by atoms with Crippen LogP contribution in [0.2, 0.25) is 0 Å². The lowest BCUT2D eigenvalue weighted by Gasteiger charge is -2.21. The molecule has 16 nitrogen and oxygen atoms in total. The van der Waals surface area contributed by atoms with E-state index in [0.717, 1.165) is 154 Å². The summed E-state index contributed by atoms with van der Waals surface area (Å²) in [6.45, 7) is 2.22. The number of aliphatic hydroxyl groups excluding tert-OH is 2. The van der Waals surface area contributed by atoms with Crippen LogP contribution in [0.15, 0.2) is 182 Å². The number of unbranched alkanes of at least 4 members (excludes halogenated alkanes) is 19. The Labute approximate surface area is 624 Å². The molecule has 0 aliphatic rings. The monoisotopic (exact) mass is 1480 g/mol. The molecule has 0 aliphatic carbocycles. The number of rotatable bonds is 72. The van der Waals surface area contributed by atoms with Crippen molar-refractivity contribution in [2.75, 3.05) is 39.6 Å². The summed E-state index contributed by atoms with van der Waals surface area (Å²) >= 11 is 0. The van der Waals surface area contributed by atoms with Gasteiger partial charge in [-0.2, -0.15) is 0 Å². The minimum atomic E-state index is -4.96. The third-order valence-electron chi connectivity index (χ3n) is 15.6. The van der Waals surface area contributed by atoms with Crippen molar-refractivity contribution in [3.05, 3.63) is 182 Å². The average Bonchev–Trinajstić information content (AvgIpc) is 0.939. The van der Waals surface area contributed by atoms with Gasteiger partial charge in [0.05, 0.1) is 26.4 Å². The first-order valence-electron chi connectivity index (χ1n) is 39.1. The van der Waals surface area contributed by atoms with E-state index in [4.69, 9.17) is 32.3 Å². The molecule has 0 bridgehead atoms. The van der Waals surface area contributed by atoms with E-state index < -0.39 is 91.5 Å². The van der Waals surface area contributed by atoms with Crippen molar-refractivity contribution in [3.8, 4) is 0 Å². The molecule has 18 heteroatoms. The minimum absolute atomic E-state index is 0.0352. The van der Waals surface area contributed by atoms with Crippen LogP contribution < -0.4 is 0 Å². The second-order valence-electron chi connectivity index (χ2n) is 25.4. The van der Waals surface area contributed by atoms with E-state index in [2.05, 4.69) is 185 Å². The third-order valence-corrected chi connectivity index (χ3v) is 17.5. The van der Waals surface area contributed by atoms with Gasteiger partial charge >= 0.3 is 33.6 Å². The molecule has 0 aliphatic heterocycles. The molecular formula is C85H138O16P2. The van der Waals surface area contributed by atoms with Crippen LogP contribution in [-0.2, 0) is 55.8 Å². The number of carbonyl (C=O) groups excluding carboxylic acids is 3. The zero-order valence-corrected chi connectivity index (χ0v) is 65.5. The number of ether oxygens (including phenoxy) is 3. The summed E-state index contributed by atoms with van der Waals surface area (Å²) in [5.74, 6) is -1.70. The maximum atomic E-state index is 13.0. The van der Waals surface area contributed by atoms with Crippen LogP contribution in [0.5, 0.6) is 0 Å². The van der Waals surface area contributed by atoms with Crippen LogP contribution in [-0.4, -0.2) is 95.9 Å². The smallest absolute Gasteiger partial charge is 0.463 e. The normalized spacial score (nSPS) is 15.0. The van der Waals surface area contributed by atoms with Gasteiger partial charge in [0.2, 0.25) is 0 Å². The van der Waals surface area contributed by atoms with E-state index in [1.165, 1.54) is 57.8 Å². The van der Waals surface area contributed by atoms with Gasteiger partial charge in [-0.05, 0) is 141 Å². The van der Waals surface area contributed by atoms with Gasteiger partial charge in [0, 0.05) is 19.3 Å². The molecule has 5 atom stereocenters. The van der Waals surface area contributed by atoms with Crippen LogP contribution in [0.1, 0.15) is 278 Å². The first kappa shape index (κ1) is 97.7. The SMILES string of the molecule is CC/C=C\C/C=C\C/C=C\C/C=C\C/C=C\C/C=C\CCC(=O)OCC(COP(=O)(O)OCC(O)COP(=O)(O)OCC(O)COC(=O)CCCCCCCCCCCCCCC/C=C\C/C=C\C/C=C\C/C=C\C/C=C\CC)OC(=O)CCCCCCCC/C=C\C/C=C\C/C=C\C/C=C\CC. The molecule has 4 N–H and O–H groups in total. The molecule has 0 rings (SSSR count). The van der Waals surface area contributed by atoms with E-state index >= 15 is 0 Å². The van der Waals surface area contributed by atoms with Crippen molar-refractivity contribution >= 4 is 33.6 Å². The number of carbonyl (C=O) groups is 3. The number of aliphatic hydroxyl groups is 2. The zero-order valence-electron chi connectivity index (χ0n) is 63.7. The molecule has 0 aromatic carbocycles. The molecule has 0 spiro atoms. The molecule has 0 aromatic rings. The molecule has 0 heterocycles. The molecule has 0 saturated carbocycles. The van der Waals surface area contributed by atoms with Gasteiger partial charge < -0.3 is 34.2 Å². The standard InChI is InChI=1S/C85H138O16P2/c1-4-7-10-13-16-19-22-25-28-31-34-35-36-37-38-39-40-41-42-43-46-48-50-53-56-59-62-65-68-71-83(88)95-74-80(86)75-97-102(91,92)98-76-81(87)77-99-103(93,94)100-79-82(101-85(90)73-70-67-64-61-58-55-52-49-45-33-30-27-24-21-18-15-12-9-6-3)78-96-84(89)72-69-66-63-60-57-54-51-47-44-32-29-26-23-20-17-14-11-8-5-2/h7-12,16-21,25-30,34-35,37-38,44-45,47,49,54,57,63,66,80-82,86-87H,4-6,13-15,22-24,31-33,36,39-43,46,48,50-53,55-56,58-62,64-65,67-79H2,1-3H3,(H,91,92)(H,93,94)/b10-7-,11-8-,12-9-,19-16-,20-17-,21-18-,28-25-,29-26-,30-27-,35-34-,38-37-,47-44-,49-45-,57-54-,66-63-. The van der Waals surface area contributed by atoms with Crippen molar-refractivity contribution in [1.29, 1.82) is 0 Å². The van der Waals surface area contributed by atoms with Gasteiger partial charge in [-0.1, -0.05) is 299 Å². The van der Waals surface area contributed by atoms with Gasteiger partial charge in [-0.15, -0.1) is 0 Å². The second kappa shape index (κ2) is 76.3. The van der Waals surface area contributed by atoms with Gasteiger partial charge in [0.25, 0.3) is 0 Å². The Morgan fingerprint density at radius 3 is 0.825 bits per heavy atom. The van der Waals surface area contributed by atoms with Crippen molar-refractivity contribution in [2.45, 2.75) is 296 Å². The number of allylic oxidation sites excluding steroid dienone is 30. The largest absolute Gasteiger partial charge is 0.472 e. The van der Waals surface area contributed by atoms with Crippen molar-refractivity contribution in [1.82, 2.24) is 0 Å². The van der Waals surface area contributed by atoms with E-state index in [1.54, 1.807) is 0 Å². The van der Waals surface area contributed by atoms with Gasteiger partial charge in [0.1, 0.15) is 25.4 Å². The molecule has 0 amide bonds. The van der Waals surface area contributed by atoms with Crippen LogP contribution in [0.3, 0.4) is 0 Å². The van der Waals surface area contributed by atoms with Crippen LogP contribution >= 0.6 is 15.6 Å². The topological polar surface area (TPSA) is 231 Å². The minimum Gasteiger partial charge on any atom is -0.463 e. The predicted octanol–water partition coefficient (Wildman–Crippen LogP) is 23.0. The Morgan fingerprint density at radius 1 is 0.272 bits per heavy atom. The number of phosphoric ester groups is 2. The van der Waals surface area contributed by atoms with E-state index in [9.17, 15) is 43.5 Å². The highest BCUT2D eigenvalue weighted by Gasteiger charge is 2.29. The van der Waals surface area contributed by atoms with Crippen molar-refractivity contribution < 1.29 is 75.8 Å². The van der Waals surface area contributed by atoms with E-state index in [1.807, 2.05) is 18.2 Å². The first-order chi connectivity index (χ1) is 50.2. The Balaban J connectivity index is 4.64. The summed E-state index contributed by atoms with van der Waals surface area (Å²) in [7, 11) is -9.83. The molecule has 5 unspecified atom stereocenters.